The van der Waals surface area contributed by atoms with E-state index in [2.05, 4.69) is 179 Å². The molecule has 0 amide bonds. The fraction of sp³-hybridized carbons (Fsp3) is 0.551. The summed E-state index contributed by atoms with van der Waals surface area (Å²) in [7, 11) is 0. The lowest BCUT2D eigenvalue weighted by Gasteiger charge is -2.18. The molecule has 0 aromatic heterocycles. The molecule has 6 nitrogen and oxygen atoms in total. The van der Waals surface area contributed by atoms with Crippen molar-refractivity contribution in [3.8, 4) is 0 Å². The first-order chi connectivity index (χ1) is 37.0. The molecule has 418 valence electrons. The van der Waals surface area contributed by atoms with Crippen molar-refractivity contribution in [3.05, 3.63) is 170 Å². The van der Waals surface area contributed by atoms with Gasteiger partial charge in [-0.3, -0.25) is 14.4 Å². The van der Waals surface area contributed by atoms with E-state index in [1.807, 2.05) is 12.2 Å². The molecule has 0 saturated heterocycles. The average molecular weight is 1030 g/mol. The van der Waals surface area contributed by atoms with Crippen LogP contribution in [0.15, 0.2) is 170 Å². The molecular formula is C69H106O6. The number of hydrogen-bond acceptors (Lipinski definition) is 6. The third kappa shape index (κ3) is 59.5. The first kappa shape index (κ1) is 69.8. The number of esters is 3. The van der Waals surface area contributed by atoms with Gasteiger partial charge < -0.3 is 14.2 Å². The maximum Gasteiger partial charge on any atom is 0.306 e. The molecule has 6 heteroatoms. The molecule has 0 aliphatic heterocycles. The minimum Gasteiger partial charge on any atom is -0.462 e. The Morgan fingerprint density at radius 2 is 0.547 bits per heavy atom. The van der Waals surface area contributed by atoms with Gasteiger partial charge in [-0.1, -0.05) is 236 Å². The van der Waals surface area contributed by atoms with Crippen molar-refractivity contribution < 1.29 is 28.6 Å². The Labute approximate surface area is 460 Å². The van der Waals surface area contributed by atoms with Gasteiger partial charge in [0, 0.05) is 19.3 Å². The summed E-state index contributed by atoms with van der Waals surface area (Å²) in [6.07, 6.45) is 90.7. The maximum absolute atomic E-state index is 12.8. The standard InChI is InChI=1S/C69H106O6/c1-4-7-10-13-16-19-22-25-28-30-32-33-34-35-37-38-41-44-47-50-53-56-59-62-68(71)74-65-66(64-73-67(70)61-58-55-52-49-46-43-40-27-24-21-18-15-12-9-6-3)75-69(72)63-60-57-54-51-48-45-42-39-36-31-29-26-23-20-17-14-11-8-5-2/h7-8,10-11,16-21,25-29,32-33,35-37,39-41,44-45,48,54,57,66H,4-6,9,12-15,22-24,30-31,34,38,42-43,46-47,49-53,55-56,58-65H2,1-3H3/b10-7-,11-8-,19-16-,20-17-,21-18-,28-25-,29-26-,33-32-,37-35-,39-36-,40-27-,44-41-,48-45-,57-54-. The minimum atomic E-state index is -0.846. The maximum atomic E-state index is 12.8. The summed E-state index contributed by atoms with van der Waals surface area (Å²) in [5.74, 6) is -1.07. The van der Waals surface area contributed by atoms with E-state index in [0.717, 1.165) is 154 Å². The number of allylic oxidation sites excluding steroid dienone is 28. The third-order valence-corrected chi connectivity index (χ3v) is 11.7. The fourth-order valence-electron chi connectivity index (χ4n) is 7.32. The number of rotatable bonds is 51. The van der Waals surface area contributed by atoms with Crippen LogP contribution in [0.3, 0.4) is 0 Å². The molecule has 0 bridgehead atoms. The normalized spacial score (nSPS) is 13.4. The summed E-state index contributed by atoms with van der Waals surface area (Å²) in [6.45, 7) is 6.27. The predicted molar refractivity (Wildman–Crippen MR) is 325 cm³/mol. The van der Waals surface area contributed by atoms with Gasteiger partial charge >= 0.3 is 17.9 Å². The second-order valence-electron chi connectivity index (χ2n) is 18.8. The van der Waals surface area contributed by atoms with E-state index in [-0.39, 0.29) is 31.6 Å². The number of carbonyl (C=O) groups excluding carboxylic acids is 3. The zero-order valence-electron chi connectivity index (χ0n) is 47.7. The summed E-state index contributed by atoms with van der Waals surface area (Å²) in [5, 5.41) is 0. The van der Waals surface area contributed by atoms with Crippen LogP contribution >= 0.6 is 0 Å². The average Bonchev–Trinajstić information content (AvgIpc) is 3.41. The Morgan fingerprint density at radius 1 is 0.280 bits per heavy atom. The van der Waals surface area contributed by atoms with Crippen LogP contribution in [0.5, 0.6) is 0 Å². The lowest BCUT2D eigenvalue weighted by atomic mass is 10.1. The molecule has 0 rings (SSSR count). The van der Waals surface area contributed by atoms with Crippen molar-refractivity contribution in [1.29, 1.82) is 0 Å². The van der Waals surface area contributed by atoms with Gasteiger partial charge in [0.05, 0.1) is 0 Å². The highest BCUT2D eigenvalue weighted by Crippen LogP contribution is 2.12. The zero-order valence-corrected chi connectivity index (χ0v) is 47.7. The molecule has 0 aliphatic carbocycles. The van der Waals surface area contributed by atoms with Crippen molar-refractivity contribution in [2.45, 2.75) is 232 Å². The molecule has 0 aliphatic rings. The van der Waals surface area contributed by atoms with Gasteiger partial charge in [0.15, 0.2) is 6.10 Å². The van der Waals surface area contributed by atoms with Gasteiger partial charge in [-0.15, -0.1) is 0 Å². The van der Waals surface area contributed by atoms with Gasteiger partial charge in [-0.25, -0.2) is 0 Å². The van der Waals surface area contributed by atoms with Crippen LogP contribution in [0.1, 0.15) is 226 Å². The van der Waals surface area contributed by atoms with E-state index < -0.39 is 12.1 Å². The van der Waals surface area contributed by atoms with Gasteiger partial charge in [-0.05, 0) is 141 Å². The number of unbranched alkanes of at least 4 members (excludes halogenated alkanes) is 12. The Hall–Kier alpha value is -5.23. The number of hydrogen-bond donors (Lipinski definition) is 0. The summed E-state index contributed by atoms with van der Waals surface area (Å²) < 4.78 is 16.8. The van der Waals surface area contributed by atoms with Crippen molar-refractivity contribution in [1.82, 2.24) is 0 Å². The van der Waals surface area contributed by atoms with E-state index in [9.17, 15) is 14.4 Å². The van der Waals surface area contributed by atoms with Gasteiger partial charge in [0.2, 0.25) is 0 Å². The van der Waals surface area contributed by atoms with Crippen LogP contribution in [-0.4, -0.2) is 37.2 Å². The van der Waals surface area contributed by atoms with Crippen molar-refractivity contribution in [2.24, 2.45) is 0 Å². The van der Waals surface area contributed by atoms with E-state index in [4.69, 9.17) is 14.2 Å². The lowest BCUT2D eigenvalue weighted by Crippen LogP contribution is -2.30. The molecule has 0 aromatic carbocycles. The third-order valence-electron chi connectivity index (χ3n) is 11.7. The molecule has 75 heavy (non-hydrogen) atoms. The van der Waals surface area contributed by atoms with E-state index in [1.54, 1.807) is 0 Å². The SMILES string of the molecule is CC/C=C\C/C=C\C/C=C\C/C=C\C/C=C\C/C=C\CCCCCCC(=O)OCC(COC(=O)CCCCCCC/C=C\C/C=C\CCCCC)OC(=O)CC/C=C\C/C=C\C/C=C\C/C=C\C/C=C\C/C=C\CC. The molecule has 0 N–H and O–H groups in total. The Balaban J connectivity index is 4.59. The van der Waals surface area contributed by atoms with Gasteiger partial charge in [-0.2, -0.15) is 0 Å². The molecule has 0 fully saturated rings. The predicted octanol–water partition coefficient (Wildman–Crippen LogP) is 20.3. The molecule has 0 aromatic rings. The summed E-state index contributed by atoms with van der Waals surface area (Å²) in [4.78, 5) is 38.2. The smallest absolute Gasteiger partial charge is 0.306 e. The van der Waals surface area contributed by atoms with Crippen LogP contribution < -0.4 is 0 Å². The van der Waals surface area contributed by atoms with Crippen molar-refractivity contribution >= 4 is 17.9 Å². The summed E-state index contributed by atoms with van der Waals surface area (Å²) >= 11 is 0. The largest absolute Gasteiger partial charge is 0.462 e. The summed E-state index contributed by atoms with van der Waals surface area (Å²) in [5.41, 5.74) is 0. The van der Waals surface area contributed by atoms with E-state index in [1.165, 1.54) is 25.7 Å². The molecular weight excluding hydrogens is 925 g/mol. The zero-order chi connectivity index (χ0) is 54.3. The molecule has 0 heterocycles. The van der Waals surface area contributed by atoms with Crippen molar-refractivity contribution in [2.75, 3.05) is 13.2 Å². The Bertz CT molecular complexity index is 1750. The quantitative estimate of drug-likeness (QED) is 0.0261. The summed E-state index contributed by atoms with van der Waals surface area (Å²) in [6, 6.07) is 0. The highest BCUT2D eigenvalue weighted by molar-refractivity contribution is 5.71. The Morgan fingerprint density at radius 3 is 0.867 bits per heavy atom. The van der Waals surface area contributed by atoms with Crippen molar-refractivity contribution in [3.63, 3.8) is 0 Å². The van der Waals surface area contributed by atoms with Crippen LogP contribution in [0.25, 0.3) is 0 Å². The highest BCUT2D eigenvalue weighted by atomic mass is 16.6. The van der Waals surface area contributed by atoms with Crippen LogP contribution in [0, 0.1) is 0 Å². The number of carbonyl (C=O) groups is 3. The second kappa shape index (κ2) is 61.3. The van der Waals surface area contributed by atoms with Crippen LogP contribution in [0.2, 0.25) is 0 Å². The molecule has 1 atom stereocenters. The fourth-order valence-corrected chi connectivity index (χ4v) is 7.32. The van der Waals surface area contributed by atoms with Gasteiger partial charge in [0.25, 0.3) is 0 Å². The highest BCUT2D eigenvalue weighted by Gasteiger charge is 2.19. The monoisotopic (exact) mass is 1030 g/mol. The first-order valence-electron chi connectivity index (χ1n) is 29.6. The minimum absolute atomic E-state index is 0.132. The molecule has 1 unspecified atom stereocenters. The van der Waals surface area contributed by atoms with E-state index in [0.29, 0.717) is 19.3 Å². The first-order valence-corrected chi connectivity index (χ1v) is 29.6. The van der Waals surface area contributed by atoms with Gasteiger partial charge in [0.1, 0.15) is 13.2 Å². The van der Waals surface area contributed by atoms with Crippen LogP contribution in [-0.2, 0) is 28.6 Å². The molecule has 0 radical (unpaired) electrons. The topological polar surface area (TPSA) is 78.9 Å². The lowest BCUT2D eigenvalue weighted by molar-refractivity contribution is -0.166. The molecule has 0 saturated carbocycles. The second-order valence-corrected chi connectivity index (χ2v) is 18.8. The Kier molecular flexibility index (Phi) is 57.0. The van der Waals surface area contributed by atoms with E-state index >= 15 is 0 Å². The number of ether oxygens (including phenoxy) is 3. The van der Waals surface area contributed by atoms with Crippen LogP contribution in [0.4, 0.5) is 0 Å². The molecule has 0 spiro atoms.